The summed E-state index contributed by atoms with van der Waals surface area (Å²) in [4.78, 5) is 0. The Labute approximate surface area is 120 Å². The van der Waals surface area contributed by atoms with Crippen LogP contribution in [0.2, 0.25) is 0 Å². The van der Waals surface area contributed by atoms with E-state index in [1.54, 1.807) is 0 Å². The van der Waals surface area contributed by atoms with E-state index in [0.29, 0.717) is 12.5 Å². The van der Waals surface area contributed by atoms with Gasteiger partial charge >= 0.3 is 0 Å². The highest BCUT2D eigenvalue weighted by Crippen LogP contribution is 2.40. The first-order chi connectivity index (χ1) is 9.78. The molecule has 0 spiro atoms. The van der Waals surface area contributed by atoms with Crippen LogP contribution in [0.25, 0.3) is 0 Å². The maximum Gasteiger partial charge on any atom is 0.119 e. The Hall–Kier alpha value is -1.80. The third-order valence-electron chi connectivity index (χ3n) is 4.04. The Kier molecular flexibility index (Phi) is 3.75. The van der Waals surface area contributed by atoms with E-state index in [-0.39, 0.29) is 0 Å². The van der Waals surface area contributed by atoms with Crippen LogP contribution in [0.15, 0.2) is 48.5 Å². The topological polar surface area (TPSA) is 29.5 Å². The average molecular weight is 268 g/mol. The molecule has 3 rings (SSSR count). The van der Waals surface area contributed by atoms with Crippen LogP contribution in [-0.4, -0.2) is 11.7 Å². The van der Waals surface area contributed by atoms with Gasteiger partial charge in [-0.15, -0.1) is 0 Å². The Morgan fingerprint density at radius 1 is 1.15 bits per heavy atom. The molecular weight excluding hydrogens is 248 g/mol. The number of benzene rings is 2. The molecule has 2 atom stereocenters. The monoisotopic (exact) mass is 268 g/mol. The smallest absolute Gasteiger partial charge is 0.119 e. The minimum atomic E-state index is -0.399. The molecule has 0 aliphatic heterocycles. The summed E-state index contributed by atoms with van der Waals surface area (Å²) in [5.41, 5.74) is 3.80. The van der Waals surface area contributed by atoms with Crippen LogP contribution in [0.3, 0.4) is 0 Å². The van der Waals surface area contributed by atoms with E-state index in [4.69, 9.17) is 4.74 Å². The maximum atomic E-state index is 10.4. The van der Waals surface area contributed by atoms with Gasteiger partial charge in [0, 0.05) is 0 Å². The van der Waals surface area contributed by atoms with E-state index < -0.39 is 6.10 Å². The fraction of sp³-hybridized carbons (Fsp3) is 0.333. The summed E-state index contributed by atoms with van der Waals surface area (Å²) in [5.74, 6) is 1.35. The first kappa shape index (κ1) is 13.2. The molecule has 1 aliphatic rings. The summed E-state index contributed by atoms with van der Waals surface area (Å²) >= 11 is 0. The molecule has 2 aromatic carbocycles. The van der Waals surface area contributed by atoms with Crippen LogP contribution in [0, 0.1) is 0 Å². The van der Waals surface area contributed by atoms with Crippen molar-refractivity contribution in [3.63, 3.8) is 0 Å². The van der Waals surface area contributed by atoms with Crippen LogP contribution >= 0.6 is 0 Å². The summed E-state index contributed by atoms with van der Waals surface area (Å²) in [5, 5.41) is 10.4. The van der Waals surface area contributed by atoms with Crippen molar-refractivity contribution in [3.05, 3.63) is 65.2 Å². The van der Waals surface area contributed by atoms with Crippen LogP contribution in [-0.2, 0) is 6.42 Å². The second kappa shape index (κ2) is 5.68. The number of ether oxygens (including phenoxy) is 1. The van der Waals surface area contributed by atoms with Crippen molar-refractivity contribution < 1.29 is 9.84 Å². The molecule has 0 fully saturated rings. The Morgan fingerprint density at radius 3 is 2.60 bits per heavy atom. The van der Waals surface area contributed by atoms with Gasteiger partial charge in [0.15, 0.2) is 0 Å². The standard InChI is InChI=1S/C18H20O2/c1-2-20-16-9-7-13(8-10-16)18(19)12-15-11-14-5-3-4-6-17(14)15/h3-10,15,18-19H,2,11-12H2,1H3. The molecule has 2 nitrogen and oxygen atoms in total. The fourth-order valence-electron chi connectivity index (χ4n) is 2.93. The van der Waals surface area contributed by atoms with Gasteiger partial charge in [-0.2, -0.15) is 0 Å². The lowest BCUT2D eigenvalue weighted by atomic mass is 9.74. The fourth-order valence-corrected chi connectivity index (χ4v) is 2.93. The van der Waals surface area contributed by atoms with Crippen molar-refractivity contribution in [1.82, 2.24) is 0 Å². The van der Waals surface area contributed by atoms with E-state index in [1.165, 1.54) is 11.1 Å². The van der Waals surface area contributed by atoms with Gasteiger partial charge in [-0.1, -0.05) is 36.4 Å². The molecule has 2 unspecified atom stereocenters. The molecule has 0 saturated carbocycles. The number of hydrogen-bond acceptors (Lipinski definition) is 2. The molecular formula is C18H20O2. The number of rotatable bonds is 5. The zero-order chi connectivity index (χ0) is 13.9. The zero-order valence-corrected chi connectivity index (χ0v) is 11.8. The molecule has 2 aromatic rings. The molecule has 2 heteroatoms. The average Bonchev–Trinajstić information content (AvgIpc) is 2.46. The van der Waals surface area contributed by atoms with Gasteiger partial charge < -0.3 is 9.84 Å². The van der Waals surface area contributed by atoms with Gasteiger partial charge in [-0.3, -0.25) is 0 Å². The summed E-state index contributed by atoms with van der Waals surface area (Å²) in [6.45, 7) is 2.64. The molecule has 1 aliphatic carbocycles. The zero-order valence-electron chi connectivity index (χ0n) is 11.8. The molecule has 104 valence electrons. The van der Waals surface area contributed by atoms with Crippen molar-refractivity contribution >= 4 is 0 Å². The predicted octanol–water partition coefficient (Wildman–Crippen LogP) is 3.85. The number of hydrogen-bond donors (Lipinski definition) is 1. The van der Waals surface area contributed by atoms with Gasteiger partial charge in [-0.25, -0.2) is 0 Å². The molecule has 0 radical (unpaired) electrons. The molecule has 20 heavy (non-hydrogen) atoms. The maximum absolute atomic E-state index is 10.4. The second-order valence-electron chi connectivity index (χ2n) is 5.35. The van der Waals surface area contributed by atoms with Crippen LogP contribution in [0.1, 0.15) is 42.1 Å². The highest BCUT2D eigenvalue weighted by molar-refractivity contribution is 5.40. The molecule has 0 saturated heterocycles. The van der Waals surface area contributed by atoms with E-state index in [1.807, 2.05) is 31.2 Å². The van der Waals surface area contributed by atoms with Gasteiger partial charge in [0.2, 0.25) is 0 Å². The van der Waals surface area contributed by atoms with Crippen LogP contribution < -0.4 is 4.74 Å². The van der Waals surface area contributed by atoms with Gasteiger partial charge in [0.25, 0.3) is 0 Å². The summed E-state index contributed by atoms with van der Waals surface area (Å²) in [6, 6.07) is 16.3. The first-order valence-corrected chi connectivity index (χ1v) is 7.26. The van der Waals surface area contributed by atoms with Crippen molar-refractivity contribution in [2.75, 3.05) is 6.61 Å². The Morgan fingerprint density at radius 2 is 1.90 bits per heavy atom. The SMILES string of the molecule is CCOc1ccc(C(O)CC2Cc3ccccc32)cc1. The minimum Gasteiger partial charge on any atom is -0.494 e. The lowest BCUT2D eigenvalue weighted by Gasteiger charge is -2.31. The van der Waals surface area contributed by atoms with E-state index in [2.05, 4.69) is 24.3 Å². The predicted molar refractivity (Wildman–Crippen MR) is 80.1 cm³/mol. The van der Waals surface area contributed by atoms with Crippen molar-refractivity contribution in [2.45, 2.75) is 31.8 Å². The molecule has 0 amide bonds. The lowest BCUT2D eigenvalue weighted by molar-refractivity contribution is 0.153. The first-order valence-electron chi connectivity index (χ1n) is 7.26. The lowest BCUT2D eigenvalue weighted by Crippen LogP contribution is -2.19. The van der Waals surface area contributed by atoms with Crippen LogP contribution in [0.4, 0.5) is 0 Å². The van der Waals surface area contributed by atoms with Crippen molar-refractivity contribution in [2.24, 2.45) is 0 Å². The number of aliphatic hydroxyl groups excluding tert-OH is 1. The third kappa shape index (κ3) is 2.56. The largest absolute Gasteiger partial charge is 0.494 e. The van der Waals surface area contributed by atoms with E-state index >= 15 is 0 Å². The highest BCUT2D eigenvalue weighted by Gasteiger charge is 2.27. The minimum absolute atomic E-state index is 0.399. The molecule has 0 bridgehead atoms. The molecule has 0 heterocycles. The van der Waals surface area contributed by atoms with Crippen molar-refractivity contribution in [3.8, 4) is 5.75 Å². The Bertz CT molecular complexity index is 574. The van der Waals surface area contributed by atoms with Gasteiger partial charge in [0.05, 0.1) is 12.7 Å². The number of fused-ring (bicyclic) bond motifs is 1. The van der Waals surface area contributed by atoms with E-state index in [9.17, 15) is 5.11 Å². The summed E-state index contributed by atoms with van der Waals surface area (Å²) in [6.07, 6.45) is 1.49. The Balaban J connectivity index is 1.64. The number of aliphatic hydroxyl groups is 1. The highest BCUT2D eigenvalue weighted by atomic mass is 16.5. The van der Waals surface area contributed by atoms with Crippen LogP contribution in [0.5, 0.6) is 5.75 Å². The van der Waals surface area contributed by atoms with Crippen molar-refractivity contribution in [1.29, 1.82) is 0 Å². The normalized spacial score (nSPS) is 18.0. The second-order valence-corrected chi connectivity index (χ2v) is 5.35. The van der Waals surface area contributed by atoms with Gasteiger partial charge in [0.1, 0.15) is 5.75 Å². The summed E-state index contributed by atoms with van der Waals surface area (Å²) in [7, 11) is 0. The summed E-state index contributed by atoms with van der Waals surface area (Å²) < 4.78 is 5.42. The molecule has 0 aromatic heterocycles. The quantitative estimate of drug-likeness (QED) is 0.892. The molecule has 1 N–H and O–H groups in total. The van der Waals surface area contributed by atoms with Gasteiger partial charge in [-0.05, 0) is 54.5 Å². The third-order valence-corrected chi connectivity index (χ3v) is 4.04. The van der Waals surface area contributed by atoms with E-state index in [0.717, 1.165) is 24.2 Å².